The molecule has 5 heteroatoms. The normalized spacial score (nSPS) is 19.8. The first-order valence-corrected chi connectivity index (χ1v) is 6.11. The Kier molecular flexibility index (Phi) is 2.62. The summed E-state index contributed by atoms with van der Waals surface area (Å²) in [6, 6.07) is 0. The number of carboxylic acids is 1. The maximum absolute atomic E-state index is 11.3. The van der Waals surface area contributed by atoms with Crippen LogP contribution in [0.1, 0.15) is 30.7 Å². The number of hydrogen-bond acceptors (Lipinski definition) is 3. The third kappa shape index (κ3) is 1.48. The van der Waals surface area contributed by atoms with Crippen LogP contribution in [0.2, 0.25) is 0 Å². The minimum atomic E-state index is -0.725. The molecule has 0 aromatic carbocycles. The van der Waals surface area contributed by atoms with Gasteiger partial charge in [0.1, 0.15) is 10.4 Å². The fraction of sp³-hybridized carbons (Fsp3) is 0.556. The van der Waals surface area contributed by atoms with Crippen molar-refractivity contribution >= 4 is 33.2 Å². The van der Waals surface area contributed by atoms with Crippen molar-refractivity contribution in [3.8, 4) is 0 Å². The highest BCUT2D eigenvalue weighted by molar-refractivity contribution is 9.11. The summed E-state index contributed by atoms with van der Waals surface area (Å²) in [5.74, 6) is -0.725. The van der Waals surface area contributed by atoms with Crippen molar-refractivity contribution < 1.29 is 9.90 Å². The number of rotatable bonds is 2. The maximum atomic E-state index is 11.3. The summed E-state index contributed by atoms with van der Waals surface area (Å²) >= 11 is 4.75. The van der Waals surface area contributed by atoms with Crippen LogP contribution in [0.4, 0.5) is 0 Å². The highest BCUT2D eigenvalue weighted by Crippen LogP contribution is 2.43. The predicted octanol–water partition coefficient (Wildman–Crippen LogP) is 2.80. The molecule has 3 nitrogen and oxygen atoms in total. The highest BCUT2D eigenvalue weighted by atomic mass is 79.9. The van der Waals surface area contributed by atoms with E-state index in [1.807, 2.05) is 0 Å². The largest absolute Gasteiger partial charge is 0.481 e. The molecule has 1 aliphatic rings. The number of hydrogen-bond donors (Lipinski definition) is 1. The molecule has 0 unspecified atom stereocenters. The second-order valence-electron chi connectivity index (χ2n) is 3.56. The second-order valence-corrected chi connectivity index (χ2v) is 5.97. The van der Waals surface area contributed by atoms with E-state index in [9.17, 15) is 9.90 Å². The Bertz CT molecular complexity index is 357. The van der Waals surface area contributed by atoms with Gasteiger partial charge in [-0.05, 0) is 28.8 Å². The zero-order valence-corrected chi connectivity index (χ0v) is 9.90. The monoisotopic (exact) mass is 275 g/mol. The molecule has 0 atom stereocenters. The van der Waals surface area contributed by atoms with Crippen molar-refractivity contribution in [3.05, 3.63) is 15.0 Å². The van der Waals surface area contributed by atoms with Crippen molar-refractivity contribution in [2.45, 2.75) is 31.1 Å². The summed E-state index contributed by atoms with van der Waals surface area (Å²) in [6.45, 7) is 0. The minimum Gasteiger partial charge on any atom is -0.481 e. The first-order valence-electron chi connectivity index (χ1n) is 4.50. The van der Waals surface area contributed by atoms with Gasteiger partial charge in [-0.25, -0.2) is 4.98 Å². The number of carbonyl (C=O) groups is 1. The molecular weight excluding hydrogens is 266 g/mol. The molecule has 0 bridgehead atoms. The van der Waals surface area contributed by atoms with Gasteiger partial charge in [0.05, 0.1) is 9.98 Å². The van der Waals surface area contributed by atoms with Gasteiger partial charge in [-0.1, -0.05) is 12.8 Å². The standard InChI is InChI=1S/C9H10BrNO2S/c10-6-5-11-7(14-6)9(8(12)13)3-1-2-4-9/h5H,1-4H2,(H,12,13). The Hall–Kier alpha value is -0.420. The molecule has 1 heterocycles. The number of aromatic nitrogens is 1. The Morgan fingerprint density at radius 2 is 2.21 bits per heavy atom. The van der Waals surface area contributed by atoms with E-state index in [4.69, 9.17) is 0 Å². The van der Waals surface area contributed by atoms with Gasteiger partial charge in [0.2, 0.25) is 0 Å². The van der Waals surface area contributed by atoms with Crippen LogP contribution in [0.25, 0.3) is 0 Å². The van der Waals surface area contributed by atoms with Gasteiger partial charge < -0.3 is 5.11 Å². The molecule has 0 saturated heterocycles. The van der Waals surface area contributed by atoms with Gasteiger partial charge in [0.15, 0.2) is 0 Å². The first kappa shape index (κ1) is 10.1. The summed E-state index contributed by atoms with van der Waals surface area (Å²) in [7, 11) is 0. The second kappa shape index (κ2) is 3.62. The molecule has 1 aromatic rings. The Morgan fingerprint density at radius 1 is 1.57 bits per heavy atom. The van der Waals surface area contributed by atoms with Crippen LogP contribution in [0, 0.1) is 0 Å². The summed E-state index contributed by atoms with van der Waals surface area (Å²) < 4.78 is 0.903. The number of carboxylic acid groups (broad SMARTS) is 1. The van der Waals surface area contributed by atoms with Crippen LogP contribution < -0.4 is 0 Å². The van der Waals surface area contributed by atoms with E-state index in [1.54, 1.807) is 6.20 Å². The van der Waals surface area contributed by atoms with E-state index in [0.29, 0.717) is 0 Å². The molecule has 1 aromatic heterocycles. The molecule has 0 amide bonds. The van der Waals surface area contributed by atoms with Crippen LogP contribution in [0.5, 0.6) is 0 Å². The molecule has 0 radical (unpaired) electrons. The third-order valence-corrected chi connectivity index (χ3v) is 4.43. The summed E-state index contributed by atoms with van der Waals surface area (Å²) in [5.41, 5.74) is -0.698. The van der Waals surface area contributed by atoms with Crippen LogP contribution in [0.3, 0.4) is 0 Å². The molecule has 2 rings (SSSR count). The van der Waals surface area contributed by atoms with Crippen LogP contribution in [-0.2, 0) is 10.2 Å². The van der Waals surface area contributed by atoms with E-state index in [-0.39, 0.29) is 0 Å². The zero-order valence-electron chi connectivity index (χ0n) is 7.49. The average molecular weight is 276 g/mol. The van der Waals surface area contributed by atoms with Crippen molar-refractivity contribution in [2.24, 2.45) is 0 Å². The van der Waals surface area contributed by atoms with Gasteiger partial charge in [0, 0.05) is 0 Å². The summed E-state index contributed by atoms with van der Waals surface area (Å²) in [4.78, 5) is 15.5. The van der Waals surface area contributed by atoms with E-state index >= 15 is 0 Å². The van der Waals surface area contributed by atoms with Gasteiger partial charge in [0.25, 0.3) is 0 Å². The van der Waals surface area contributed by atoms with E-state index in [2.05, 4.69) is 20.9 Å². The fourth-order valence-corrected chi connectivity index (χ4v) is 3.42. The molecule has 76 valence electrons. The van der Waals surface area contributed by atoms with Gasteiger partial charge in [-0.3, -0.25) is 4.79 Å². The zero-order chi connectivity index (χ0) is 10.2. The number of nitrogens with zero attached hydrogens (tertiary/aromatic N) is 1. The average Bonchev–Trinajstić information content (AvgIpc) is 2.71. The van der Waals surface area contributed by atoms with E-state index in [0.717, 1.165) is 34.5 Å². The molecule has 1 fully saturated rings. The highest BCUT2D eigenvalue weighted by Gasteiger charge is 2.45. The molecule has 1 aliphatic carbocycles. The third-order valence-electron chi connectivity index (χ3n) is 2.75. The smallest absolute Gasteiger partial charge is 0.316 e. The lowest BCUT2D eigenvalue weighted by Gasteiger charge is -2.20. The number of thiazole rings is 1. The van der Waals surface area contributed by atoms with E-state index in [1.165, 1.54) is 11.3 Å². The quantitative estimate of drug-likeness (QED) is 0.903. The number of halogens is 1. The fourth-order valence-electron chi connectivity index (χ4n) is 1.97. The lowest BCUT2D eigenvalue weighted by atomic mass is 9.87. The van der Waals surface area contributed by atoms with Crippen LogP contribution in [-0.4, -0.2) is 16.1 Å². The summed E-state index contributed by atoms with van der Waals surface area (Å²) in [6.07, 6.45) is 5.11. The SMILES string of the molecule is O=C(O)C1(c2ncc(Br)s2)CCCC1. The lowest BCUT2D eigenvalue weighted by Crippen LogP contribution is -2.32. The Labute approximate surface area is 94.3 Å². The first-order chi connectivity index (χ1) is 6.65. The van der Waals surface area contributed by atoms with Crippen molar-refractivity contribution in [3.63, 3.8) is 0 Å². The topological polar surface area (TPSA) is 50.2 Å². The van der Waals surface area contributed by atoms with Gasteiger partial charge in [-0.15, -0.1) is 11.3 Å². The molecule has 1 N–H and O–H groups in total. The van der Waals surface area contributed by atoms with Crippen LogP contribution >= 0.6 is 27.3 Å². The lowest BCUT2D eigenvalue weighted by molar-refractivity contribution is -0.143. The van der Waals surface area contributed by atoms with Gasteiger partial charge >= 0.3 is 5.97 Å². The van der Waals surface area contributed by atoms with Crippen molar-refractivity contribution in [2.75, 3.05) is 0 Å². The molecule has 0 spiro atoms. The van der Waals surface area contributed by atoms with Crippen LogP contribution in [0.15, 0.2) is 9.98 Å². The molecular formula is C9H10BrNO2S. The number of aliphatic carboxylic acids is 1. The minimum absolute atomic E-state index is 0.698. The summed E-state index contributed by atoms with van der Waals surface area (Å²) in [5, 5.41) is 10.0. The van der Waals surface area contributed by atoms with Gasteiger partial charge in [-0.2, -0.15) is 0 Å². The van der Waals surface area contributed by atoms with E-state index < -0.39 is 11.4 Å². The van der Waals surface area contributed by atoms with Crippen molar-refractivity contribution in [1.82, 2.24) is 4.98 Å². The molecule has 1 saturated carbocycles. The predicted molar refractivity (Wildman–Crippen MR) is 57.6 cm³/mol. The Morgan fingerprint density at radius 3 is 2.64 bits per heavy atom. The Balaban J connectivity index is 2.41. The maximum Gasteiger partial charge on any atom is 0.316 e. The molecule has 0 aliphatic heterocycles. The molecule has 14 heavy (non-hydrogen) atoms. The van der Waals surface area contributed by atoms with Crippen molar-refractivity contribution in [1.29, 1.82) is 0 Å².